The second-order valence-corrected chi connectivity index (χ2v) is 8.61. The van der Waals surface area contributed by atoms with E-state index in [1.54, 1.807) is 13.2 Å². The van der Waals surface area contributed by atoms with Crippen LogP contribution in [-0.4, -0.2) is 39.3 Å². The first-order valence-electron chi connectivity index (χ1n) is 14.4. The summed E-state index contributed by atoms with van der Waals surface area (Å²) in [5.74, 6) is 1.87. The van der Waals surface area contributed by atoms with E-state index < -0.39 is 0 Å². The Balaban J connectivity index is -0.000000992. The van der Waals surface area contributed by atoms with Crippen LogP contribution in [-0.2, 0) is 11.2 Å². The van der Waals surface area contributed by atoms with Crippen molar-refractivity contribution >= 4 is 0 Å². The van der Waals surface area contributed by atoms with Crippen LogP contribution in [0.15, 0.2) is 66.0 Å². The van der Waals surface area contributed by atoms with Gasteiger partial charge in [-0.1, -0.05) is 91.3 Å². The summed E-state index contributed by atoms with van der Waals surface area (Å²) in [5.41, 5.74) is 5.21. The van der Waals surface area contributed by atoms with Crippen LogP contribution in [0.3, 0.4) is 0 Å². The second-order valence-electron chi connectivity index (χ2n) is 8.61. The number of ether oxygens (including phenoxy) is 2. The molecule has 1 aromatic carbocycles. The van der Waals surface area contributed by atoms with Crippen LogP contribution < -0.4 is 4.74 Å². The molecule has 3 heteroatoms. The van der Waals surface area contributed by atoms with Gasteiger partial charge in [-0.15, -0.1) is 0 Å². The fourth-order valence-corrected chi connectivity index (χ4v) is 3.19. The summed E-state index contributed by atoms with van der Waals surface area (Å²) in [7, 11) is 5.89. The quantitative estimate of drug-likeness (QED) is 0.106. The van der Waals surface area contributed by atoms with E-state index in [0.29, 0.717) is 0 Å². The Morgan fingerprint density at radius 2 is 1.65 bits per heavy atom. The molecule has 1 rings (SSSR count). The molecule has 0 unspecified atom stereocenters. The van der Waals surface area contributed by atoms with Gasteiger partial charge in [-0.25, -0.2) is 0 Å². The molecule has 0 aromatic heterocycles. The average Bonchev–Trinajstić information content (AvgIpc) is 2.91. The fourth-order valence-electron chi connectivity index (χ4n) is 3.19. The summed E-state index contributed by atoms with van der Waals surface area (Å²) in [6.45, 7) is 24.7. The van der Waals surface area contributed by atoms with Crippen molar-refractivity contribution in [2.45, 2.75) is 101 Å². The molecule has 0 bridgehead atoms. The summed E-state index contributed by atoms with van der Waals surface area (Å²) < 4.78 is 11.3. The molecule has 0 saturated heterocycles. The molecule has 0 aliphatic heterocycles. The lowest BCUT2D eigenvalue weighted by Crippen LogP contribution is -2.11. The van der Waals surface area contributed by atoms with Gasteiger partial charge in [0.05, 0.1) is 13.7 Å². The minimum absolute atomic E-state index is 0.761. The Morgan fingerprint density at radius 3 is 2.11 bits per heavy atom. The smallest absolute Gasteiger partial charge is 0.122 e. The van der Waals surface area contributed by atoms with E-state index in [9.17, 15) is 0 Å². The lowest BCUT2D eigenvalue weighted by molar-refractivity contribution is 0.214. The Kier molecular flexibility index (Phi) is 30.0. The number of aryl methyl sites for hydroxylation is 1. The highest BCUT2D eigenvalue weighted by molar-refractivity contribution is 5.36. The molecule has 214 valence electrons. The third-order valence-electron chi connectivity index (χ3n) is 5.29. The SMILES string of the molecule is C=C/C=C(OCCCC)\C(=C/C/C(C)=C/Cc1cc(OC)ccc1C)CC.CC.CC.CCCN(C)C. The van der Waals surface area contributed by atoms with E-state index in [1.807, 2.05) is 39.8 Å². The largest absolute Gasteiger partial charge is 0.497 e. The van der Waals surface area contributed by atoms with Crippen molar-refractivity contribution in [3.05, 3.63) is 77.1 Å². The van der Waals surface area contributed by atoms with E-state index in [4.69, 9.17) is 9.47 Å². The Morgan fingerprint density at radius 1 is 1.00 bits per heavy atom. The zero-order valence-electron chi connectivity index (χ0n) is 26.7. The van der Waals surface area contributed by atoms with Crippen LogP contribution in [0, 0.1) is 6.92 Å². The molecule has 0 atom stereocenters. The molecule has 0 fully saturated rings. The highest BCUT2D eigenvalue weighted by atomic mass is 16.5. The molecular formula is C34H61NO2. The maximum Gasteiger partial charge on any atom is 0.122 e. The van der Waals surface area contributed by atoms with Gasteiger partial charge in [0, 0.05) is 0 Å². The first-order chi connectivity index (χ1) is 17.8. The number of nitrogens with zero attached hydrogens (tertiary/aromatic N) is 1. The van der Waals surface area contributed by atoms with Gasteiger partial charge >= 0.3 is 0 Å². The monoisotopic (exact) mass is 515 g/mol. The van der Waals surface area contributed by atoms with Crippen molar-refractivity contribution in [2.24, 2.45) is 0 Å². The maximum absolute atomic E-state index is 5.97. The fraction of sp³-hybridized carbons (Fsp3) is 0.588. The molecule has 0 amide bonds. The van der Waals surface area contributed by atoms with Crippen LogP contribution in [0.4, 0.5) is 0 Å². The predicted octanol–water partition coefficient (Wildman–Crippen LogP) is 10.1. The van der Waals surface area contributed by atoms with Gasteiger partial charge in [-0.2, -0.15) is 0 Å². The number of hydrogen-bond donors (Lipinski definition) is 0. The van der Waals surface area contributed by atoms with Crippen molar-refractivity contribution in [2.75, 3.05) is 34.4 Å². The maximum atomic E-state index is 5.97. The Hall–Kier alpha value is -2.26. The van der Waals surface area contributed by atoms with E-state index in [0.717, 1.165) is 50.2 Å². The van der Waals surface area contributed by atoms with E-state index in [-0.39, 0.29) is 0 Å². The summed E-state index contributed by atoms with van der Waals surface area (Å²) >= 11 is 0. The van der Waals surface area contributed by atoms with Gasteiger partial charge in [0.1, 0.15) is 11.5 Å². The van der Waals surface area contributed by atoms with Crippen LogP contribution >= 0.6 is 0 Å². The van der Waals surface area contributed by atoms with Crippen molar-refractivity contribution in [3.8, 4) is 5.75 Å². The number of benzene rings is 1. The molecular weight excluding hydrogens is 454 g/mol. The molecule has 0 spiro atoms. The lowest BCUT2D eigenvalue weighted by Gasteiger charge is -2.13. The molecule has 0 heterocycles. The molecule has 0 aliphatic carbocycles. The highest BCUT2D eigenvalue weighted by Crippen LogP contribution is 2.21. The predicted molar refractivity (Wildman–Crippen MR) is 169 cm³/mol. The number of methoxy groups -OCH3 is 1. The van der Waals surface area contributed by atoms with Crippen LogP contribution in [0.5, 0.6) is 5.75 Å². The highest BCUT2D eigenvalue weighted by Gasteiger charge is 2.05. The minimum atomic E-state index is 0.761. The molecule has 37 heavy (non-hydrogen) atoms. The van der Waals surface area contributed by atoms with Gasteiger partial charge < -0.3 is 14.4 Å². The molecule has 0 aliphatic rings. The van der Waals surface area contributed by atoms with Gasteiger partial charge in [0.15, 0.2) is 0 Å². The number of hydrogen-bond acceptors (Lipinski definition) is 3. The molecule has 0 saturated carbocycles. The summed E-state index contributed by atoms with van der Waals surface area (Å²) in [6, 6.07) is 6.25. The van der Waals surface area contributed by atoms with Gasteiger partial charge in [0.2, 0.25) is 0 Å². The topological polar surface area (TPSA) is 21.7 Å². The van der Waals surface area contributed by atoms with Crippen molar-refractivity contribution < 1.29 is 9.47 Å². The van der Waals surface area contributed by atoms with E-state index in [1.165, 1.54) is 35.2 Å². The third-order valence-corrected chi connectivity index (χ3v) is 5.29. The van der Waals surface area contributed by atoms with Crippen molar-refractivity contribution in [3.63, 3.8) is 0 Å². The van der Waals surface area contributed by atoms with Crippen molar-refractivity contribution in [1.29, 1.82) is 0 Å². The molecule has 0 N–H and O–H groups in total. The molecule has 3 nitrogen and oxygen atoms in total. The lowest BCUT2D eigenvalue weighted by atomic mass is 10.0. The standard InChI is InChI=1S/C25H36O2.C5H13N.2C2H6/c1-7-10-18-27-25(11-8-2)22(9-3)15-12-20(4)13-16-23-19-24(26-6)17-14-21(23)5;1-4-5-6(2)3;2*1-2/h8,11,13-15,17,19H,2,7,9-10,12,16,18H2,1,3-6H3;4-5H2,1-3H3;2*1-2H3/b20-13+,22-15-,25-11+;;;. The first kappa shape index (κ1) is 39.3. The number of unbranched alkanes of at least 4 members (excludes halogenated alkanes) is 1. The van der Waals surface area contributed by atoms with Crippen LogP contribution in [0.2, 0.25) is 0 Å². The number of allylic oxidation sites excluding steroid dienone is 6. The van der Waals surface area contributed by atoms with Crippen LogP contribution in [0.25, 0.3) is 0 Å². The van der Waals surface area contributed by atoms with E-state index in [2.05, 4.69) is 84.5 Å². The van der Waals surface area contributed by atoms with Gasteiger partial charge in [-0.3, -0.25) is 0 Å². The molecule has 1 aromatic rings. The summed E-state index contributed by atoms with van der Waals surface area (Å²) in [6.07, 6.45) is 14.6. The second kappa shape index (κ2) is 28.3. The van der Waals surface area contributed by atoms with Crippen molar-refractivity contribution in [1.82, 2.24) is 4.90 Å². The van der Waals surface area contributed by atoms with E-state index >= 15 is 0 Å². The Labute approximate surface area is 232 Å². The van der Waals surface area contributed by atoms with Gasteiger partial charge in [0.25, 0.3) is 0 Å². The minimum Gasteiger partial charge on any atom is -0.497 e. The average molecular weight is 516 g/mol. The van der Waals surface area contributed by atoms with Gasteiger partial charge in [-0.05, 0) is 102 Å². The first-order valence-corrected chi connectivity index (χ1v) is 14.4. The number of rotatable bonds is 14. The zero-order valence-corrected chi connectivity index (χ0v) is 26.7. The summed E-state index contributed by atoms with van der Waals surface area (Å²) in [4.78, 5) is 2.18. The summed E-state index contributed by atoms with van der Waals surface area (Å²) in [5, 5.41) is 0. The normalized spacial score (nSPS) is 11.3. The Bertz CT molecular complexity index is 757. The molecule has 0 radical (unpaired) electrons. The third kappa shape index (κ3) is 21.5. The zero-order chi connectivity index (χ0) is 29.1. The van der Waals surface area contributed by atoms with Crippen LogP contribution in [0.1, 0.15) is 98.6 Å².